The minimum absolute atomic E-state index is 0.0317. The summed E-state index contributed by atoms with van der Waals surface area (Å²) in [4.78, 5) is 32.5. The van der Waals surface area contributed by atoms with Gasteiger partial charge in [0, 0.05) is 10.5 Å². The molecule has 1 atom stereocenters. The lowest BCUT2D eigenvalue weighted by Gasteiger charge is -2.24. The molecule has 0 bridgehead atoms. The standard InChI is InChI=1S/C25H20ClFN2O3S2/c1-4-12-32-24(31)21-14(2)28-25-29(22(21)15-8-10-16(33-3)11-9-15)23(30)20(34-25)13-17-18(26)6-5-7-19(17)27/h4-11,13,22H,1,12H2,2-3H3. The summed E-state index contributed by atoms with van der Waals surface area (Å²) in [5, 5.41) is 0.194. The molecule has 1 aromatic heterocycles. The molecule has 0 spiro atoms. The molecule has 0 N–H and O–H groups in total. The molecular weight excluding hydrogens is 495 g/mol. The number of carbonyl (C=O) groups excluding carboxylic acids is 1. The summed E-state index contributed by atoms with van der Waals surface area (Å²) >= 11 is 8.87. The van der Waals surface area contributed by atoms with Crippen LogP contribution in [0.4, 0.5) is 4.39 Å². The van der Waals surface area contributed by atoms with Crippen LogP contribution < -0.4 is 14.9 Å². The molecule has 3 aromatic rings. The quantitative estimate of drug-likeness (QED) is 0.276. The largest absolute Gasteiger partial charge is 0.458 e. The van der Waals surface area contributed by atoms with Crippen LogP contribution in [0.25, 0.3) is 6.08 Å². The molecule has 9 heteroatoms. The van der Waals surface area contributed by atoms with Crippen molar-refractivity contribution in [2.75, 3.05) is 12.9 Å². The van der Waals surface area contributed by atoms with Gasteiger partial charge in [-0.25, -0.2) is 14.2 Å². The number of fused-ring (bicyclic) bond motifs is 1. The monoisotopic (exact) mass is 514 g/mol. The Bertz CT molecular complexity index is 1470. The Morgan fingerprint density at radius 3 is 2.71 bits per heavy atom. The second-order valence-electron chi connectivity index (χ2n) is 7.38. The van der Waals surface area contributed by atoms with Crippen LogP contribution in [0.3, 0.4) is 0 Å². The van der Waals surface area contributed by atoms with E-state index in [-0.39, 0.29) is 27.3 Å². The van der Waals surface area contributed by atoms with Gasteiger partial charge in [0.25, 0.3) is 5.56 Å². The number of nitrogens with zero attached hydrogens (tertiary/aromatic N) is 2. The smallest absolute Gasteiger partial charge is 0.338 e. The van der Waals surface area contributed by atoms with Gasteiger partial charge in [-0.05, 0) is 49.1 Å². The minimum atomic E-state index is -0.747. The zero-order valence-electron chi connectivity index (χ0n) is 18.4. The number of halogens is 2. The minimum Gasteiger partial charge on any atom is -0.458 e. The number of carbonyl (C=O) groups is 1. The second kappa shape index (κ2) is 10.1. The van der Waals surface area contributed by atoms with E-state index in [0.29, 0.717) is 10.5 Å². The van der Waals surface area contributed by atoms with E-state index in [1.54, 1.807) is 24.8 Å². The van der Waals surface area contributed by atoms with Crippen molar-refractivity contribution < 1.29 is 13.9 Å². The van der Waals surface area contributed by atoms with E-state index in [9.17, 15) is 14.0 Å². The van der Waals surface area contributed by atoms with Crippen molar-refractivity contribution in [3.8, 4) is 0 Å². The van der Waals surface area contributed by atoms with Crippen molar-refractivity contribution in [3.63, 3.8) is 0 Å². The van der Waals surface area contributed by atoms with Gasteiger partial charge in [0.15, 0.2) is 4.80 Å². The predicted octanol–water partition coefficient (Wildman–Crippen LogP) is 4.48. The van der Waals surface area contributed by atoms with E-state index in [2.05, 4.69) is 11.6 Å². The average Bonchev–Trinajstić information content (AvgIpc) is 3.13. The number of hydrogen-bond acceptors (Lipinski definition) is 6. The highest BCUT2D eigenvalue weighted by molar-refractivity contribution is 7.98. The normalized spacial score (nSPS) is 15.6. The first-order valence-electron chi connectivity index (χ1n) is 10.2. The summed E-state index contributed by atoms with van der Waals surface area (Å²) in [5.74, 6) is -1.11. The zero-order chi connectivity index (χ0) is 24.4. The van der Waals surface area contributed by atoms with E-state index in [0.717, 1.165) is 21.8 Å². The first kappa shape index (κ1) is 24.2. The molecule has 5 nitrogen and oxygen atoms in total. The number of ether oxygens (including phenoxy) is 1. The van der Waals surface area contributed by atoms with Crippen molar-refractivity contribution in [3.05, 3.63) is 108 Å². The number of thioether (sulfide) groups is 1. The van der Waals surface area contributed by atoms with E-state index in [4.69, 9.17) is 16.3 Å². The molecule has 0 aliphatic carbocycles. The van der Waals surface area contributed by atoms with Crippen LogP contribution in [-0.2, 0) is 9.53 Å². The van der Waals surface area contributed by atoms with Gasteiger partial charge in [-0.3, -0.25) is 9.36 Å². The molecule has 1 aliphatic heterocycles. The molecule has 2 aromatic carbocycles. The highest BCUT2D eigenvalue weighted by Crippen LogP contribution is 2.31. The fourth-order valence-electron chi connectivity index (χ4n) is 3.68. The fourth-order valence-corrected chi connectivity index (χ4v) is 5.33. The molecule has 1 aliphatic rings. The van der Waals surface area contributed by atoms with Crippen molar-refractivity contribution in [2.24, 2.45) is 4.99 Å². The van der Waals surface area contributed by atoms with Gasteiger partial charge in [0.1, 0.15) is 12.4 Å². The van der Waals surface area contributed by atoms with E-state index in [1.807, 2.05) is 30.5 Å². The summed E-state index contributed by atoms with van der Waals surface area (Å²) in [6.45, 7) is 5.32. The number of rotatable bonds is 6. The molecular formula is C25H20ClFN2O3S2. The SMILES string of the molecule is C=CCOC(=O)C1=C(C)N=c2sc(=Cc3c(F)cccc3Cl)c(=O)n2C1c1ccc(SC)cc1. The van der Waals surface area contributed by atoms with Gasteiger partial charge in [-0.2, -0.15) is 0 Å². The summed E-state index contributed by atoms with van der Waals surface area (Å²) in [6.07, 6.45) is 4.86. The molecule has 0 amide bonds. The lowest BCUT2D eigenvalue weighted by atomic mass is 9.96. The summed E-state index contributed by atoms with van der Waals surface area (Å²) in [5.41, 5.74) is 1.17. The number of esters is 1. The lowest BCUT2D eigenvalue weighted by Crippen LogP contribution is -2.40. The average molecular weight is 515 g/mol. The lowest BCUT2D eigenvalue weighted by molar-refractivity contribution is -0.138. The highest BCUT2D eigenvalue weighted by Gasteiger charge is 2.33. The molecule has 1 unspecified atom stereocenters. The second-order valence-corrected chi connectivity index (χ2v) is 9.67. The van der Waals surface area contributed by atoms with Gasteiger partial charge < -0.3 is 4.74 Å². The predicted molar refractivity (Wildman–Crippen MR) is 135 cm³/mol. The summed E-state index contributed by atoms with van der Waals surface area (Å²) in [7, 11) is 0. The van der Waals surface area contributed by atoms with E-state index >= 15 is 0 Å². The third-order valence-corrected chi connectivity index (χ3v) is 7.34. The van der Waals surface area contributed by atoms with Gasteiger partial charge in [-0.1, -0.05) is 53.8 Å². The molecule has 0 fully saturated rings. The maximum absolute atomic E-state index is 14.4. The third kappa shape index (κ3) is 4.53. The van der Waals surface area contributed by atoms with Crippen LogP contribution in [0.15, 0.2) is 81.1 Å². The van der Waals surface area contributed by atoms with Gasteiger partial charge in [0.2, 0.25) is 0 Å². The molecule has 0 saturated carbocycles. The van der Waals surface area contributed by atoms with Crippen LogP contribution in [0.5, 0.6) is 0 Å². The Kier molecular flexibility index (Phi) is 7.21. The van der Waals surface area contributed by atoms with Gasteiger partial charge >= 0.3 is 5.97 Å². The van der Waals surface area contributed by atoms with Crippen LogP contribution >= 0.6 is 34.7 Å². The third-order valence-electron chi connectivity index (χ3n) is 5.28. The van der Waals surface area contributed by atoms with Crippen molar-refractivity contribution in [1.29, 1.82) is 0 Å². The Morgan fingerprint density at radius 1 is 1.32 bits per heavy atom. The van der Waals surface area contributed by atoms with Crippen molar-refractivity contribution in [2.45, 2.75) is 17.9 Å². The van der Waals surface area contributed by atoms with Crippen LogP contribution in [0, 0.1) is 5.82 Å². The number of allylic oxidation sites excluding steroid dienone is 1. The maximum atomic E-state index is 14.4. The summed E-state index contributed by atoms with van der Waals surface area (Å²) < 4.78 is 21.4. The van der Waals surface area contributed by atoms with Crippen molar-refractivity contribution >= 4 is 46.7 Å². The molecule has 0 saturated heterocycles. The Morgan fingerprint density at radius 2 is 2.06 bits per heavy atom. The van der Waals surface area contributed by atoms with Crippen LogP contribution in [0.1, 0.15) is 24.1 Å². The van der Waals surface area contributed by atoms with Gasteiger partial charge in [0.05, 0.1) is 26.9 Å². The maximum Gasteiger partial charge on any atom is 0.338 e. The van der Waals surface area contributed by atoms with Crippen molar-refractivity contribution in [1.82, 2.24) is 4.57 Å². The number of aromatic nitrogens is 1. The fraction of sp³-hybridized carbons (Fsp3) is 0.160. The zero-order valence-corrected chi connectivity index (χ0v) is 20.8. The van der Waals surface area contributed by atoms with Crippen LogP contribution in [0.2, 0.25) is 5.02 Å². The highest BCUT2D eigenvalue weighted by atomic mass is 35.5. The number of hydrogen-bond donors (Lipinski definition) is 0. The molecule has 174 valence electrons. The number of thiazole rings is 1. The Labute approximate surface area is 208 Å². The summed E-state index contributed by atoms with van der Waals surface area (Å²) in [6, 6.07) is 11.2. The van der Waals surface area contributed by atoms with Crippen LogP contribution in [-0.4, -0.2) is 23.4 Å². The first-order valence-corrected chi connectivity index (χ1v) is 12.7. The first-order chi connectivity index (χ1) is 16.3. The molecule has 0 radical (unpaired) electrons. The molecule has 34 heavy (non-hydrogen) atoms. The Hall–Kier alpha value is -2.94. The van der Waals surface area contributed by atoms with E-state index in [1.165, 1.54) is 28.9 Å². The van der Waals surface area contributed by atoms with E-state index < -0.39 is 23.4 Å². The number of benzene rings is 2. The van der Waals surface area contributed by atoms with Gasteiger partial charge in [-0.15, -0.1) is 11.8 Å². The Balaban J connectivity index is 1.95. The topological polar surface area (TPSA) is 60.7 Å². The molecule has 2 heterocycles. The molecule has 4 rings (SSSR count).